The number of benzene rings is 1. The number of hydrogen-bond acceptors (Lipinski definition) is 8. The molecule has 1 amide bonds. The molecule has 0 unspecified atom stereocenters. The fourth-order valence-corrected chi connectivity index (χ4v) is 5.15. The van der Waals surface area contributed by atoms with Gasteiger partial charge in [0.2, 0.25) is 11.9 Å². The Morgan fingerprint density at radius 2 is 1.95 bits per heavy atom. The van der Waals surface area contributed by atoms with Gasteiger partial charge in [0.15, 0.2) is 5.82 Å². The minimum atomic E-state index is -0.0440. The number of piperidine rings is 1. The molecular formula is C30H33N9O2. The summed E-state index contributed by atoms with van der Waals surface area (Å²) in [6, 6.07) is 11.6. The van der Waals surface area contributed by atoms with Crippen molar-refractivity contribution < 1.29 is 9.53 Å². The van der Waals surface area contributed by atoms with Gasteiger partial charge in [0, 0.05) is 67.6 Å². The topological polar surface area (TPSA) is 126 Å². The van der Waals surface area contributed by atoms with Gasteiger partial charge in [0.25, 0.3) is 0 Å². The molecule has 41 heavy (non-hydrogen) atoms. The monoisotopic (exact) mass is 551 g/mol. The quantitative estimate of drug-likeness (QED) is 0.256. The van der Waals surface area contributed by atoms with Crippen molar-refractivity contribution in [1.29, 1.82) is 0 Å². The maximum absolute atomic E-state index is 13.0. The highest BCUT2D eigenvalue weighted by atomic mass is 16.5. The first-order valence-electron chi connectivity index (χ1n) is 13.7. The maximum atomic E-state index is 13.0. The number of ether oxygens (including phenoxy) is 1. The van der Waals surface area contributed by atoms with Crippen LogP contribution < -0.4 is 15.4 Å². The fourth-order valence-electron chi connectivity index (χ4n) is 5.15. The van der Waals surface area contributed by atoms with Crippen molar-refractivity contribution in [2.24, 2.45) is 7.05 Å². The molecule has 6 rings (SSSR count). The van der Waals surface area contributed by atoms with E-state index in [2.05, 4.69) is 35.6 Å². The summed E-state index contributed by atoms with van der Waals surface area (Å²) in [6.45, 7) is 5.92. The third-order valence-corrected chi connectivity index (χ3v) is 7.42. The Bertz CT molecular complexity index is 1650. The van der Waals surface area contributed by atoms with Gasteiger partial charge in [-0.15, -0.1) is 0 Å². The Balaban J connectivity index is 1.12. The minimum absolute atomic E-state index is 0.0440. The molecule has 1 aliphatic heterocycles. The summed E-state index contributed by atoms with van der Waals surface area (Å²) in [5.74, 6) is 1.95. The lowest BCUT2D eigenvalue weighted by Gasteiger charge is -2.31. The van der Waals surface area contributed by atoms with E-state index in [0.717, 1.165) is 70.8 Å². The molecule has 0 atom stereocenters. The van der Waals surface area contributed by atoms with Crippen molar-refractivity contribution in [1.82, 2.24) is 34.6 Å². The summed E-state index contributed by atoms with van der Waals surface area (Å²) in [7, 11) is 1.90. The lowest BCUT2D eigenvalue weighted by atomic mass is 10.1. The number of hydrogen-bond donors (Lipinski definition) is 3. The van der Waals surface area contributed by atoms with Crippen molar-refractivity contribution in [2.45, 2.75) is 32.8 Å². The molecule has 5 aromatic rings. The van der Waals surface area contributed by atoms with E-state index in [9.17, 15) is 4.79 Å². The van der Waals surface area contributed by atoms with Crippen LogP contribution in [0.4, 0.5) is 17.5 Å². The second-order valence-corrected chi connectivity index (χ2v) is 10.4. The molecule has 5 heterocycles. The van der Waals surface area contributed by atoms with Crippen molar-refractivity contribution >= 4 is 34.3 Å². The normalized spacial score (nSPS) is 14.3. The van der Waals surface area contributed by atoms with Gasteiger partial charge in [-0.3, -0.25) is 19.4 Å². The van der Waals surface area contributed by atoms with Crippen LogP contribution in [-0.2, 0) is 11.8 Å². The Morgan fingerprint density at radius 3 is 2.71 bits per heavy atom. The summed E-state index contributed by atoms with van der Waals surface area (Å²) < 4.78 is 7.85. The van der Waals surface area contributed by atoms with E-state index < -0.39 is 0 Å². The Morgan fingerprint density at radius 1 is 1.15 bits per heavy atom. The highest BCUT2D eigenvalue weighted by molar-refractivity contribution is 6.06. The Labute approximate surface area is 238 Å². The van der Waals surface area contributed by atoms with E-state index in [1.165, 1.54) is 0 Å². The number of aromatic amines is 1. The van der Waals surface area contributed by atoms with E-state index in [-0.39, 0.29) is 12.0 Å². The van der Waals surface area contributed by atoms with E-state index in [1.54, 1.807) is 23.3 Å². The second kappa shape index (κ2) is 11.4. The number of nitrogens with zero attached hydrogens (tertiary/aromatic N) is 6. The third-order valence-electron chi connectivity index (χ3n) is 7.42. The zero-order valence-corrected chi connectivity index (χ0v) is 23.4. The molecule has 0 spiro atoms. The average molecular weight is 552 g/mol. The average Bonchev–Trinajstić information content (AvgIpc) is 3.54. The number of pyridine rings is 1. The molecule has 0 saturated carbocycles. The van der Waals surface area contributed by atoms with E-state index in [0.29, 0.717) is 18.3 Å². The fraction of sp³-hybridized carbons (Fsp3) is 0.300. The van der Waals surface area contributed by atoms with Crippen LogP contribution in [0.25, 0.3) is 22.2 Å². The van der Waals surface area contributed by atoms with Gasteiger partial charge < -0.3 is 20.4 Å². The first-order valence-corrected chi connectivity index (χ1v) is 13.7. The van der Waals surface area contributed by atoms with Gasteiger partial charge in [-0.25, -0.2) is 9.97 Å². The van der Waals surface area contributed by atoms with Crippen molar-refractivity contribution in [3.05, 3.63) is 72.4 Å². The summed E-state index contributed by atoms with van der Waals surface area (Å²) in [5.41, 5.74) is 5.32. The number of likely N-dealkylation sites (tertiary alicyclic amines) is 1. The standard InChI is InChI=1S/C30H33N9O2/c1-19-16-33-30(35-26-15-20(2)38(3)37-26)36-28(19)24-17-32-29-23(24)5-4-6-25(29)34-27(40)18-39-13-9-22(10-14-39)41-21-7-11-31-12-8-21/h4-8,11-12,15-17,22,32H,9-10,13-14,18H2,1-3H3,(H,34,40)(H,33,35,36,37). The zero-order chi connectivity index (χ0) is 28.3. The number of rotatable bonds is 8. The molecule has 0 aliphatic carbocycles. The summed E-state index contributed by atoms with van der Waals surface area (Å²) in [5, 5.41) is 11.7. The van der Waals surface area contributed by atoms with E-state index in [1.807, 2.05) is 63.5 Å². The number of aromatic nitrogens is 6. The van der Waals surface area contributed by atoms with Gasteiger partial charge in [0.1, 0.15) is 11.9 Å². The van der Waals surface area contributed by atoms with Gasteiger partial charge in [-0.1, -0.05) is 12.1 Å². The van der Waals surface area contributed by atoms with Gasteiger partial charge in [-0.05, 0) is 50.5 Å². The maximum Gasteiger partial charge on any atom is 0.238 e. The molecule has 0 bridgehead atoms. The van der Waals surface area contributed by atoms with Gasteiger partial charge in [-0.2, -0.15) is 5.10 Å². The summed E-state index contributed by atoms with van der Waals surface area (Å²) in [4.78, 5) is 31.8. The van der Waals surface area contributed by atoms with Gasteiger partial charge >= 0.3 is 0 Å². The number of carbonyl (C=O) groups is 1. The molecular weight excluding hydrogens is 518 g/mol. The van der Waals surface area contributed by atoms with Crippen LogP contribution in [-0.4, -0.2) is 66.3 Å². The molecule has 0 radical (unpaired) electrons. The predicted molar refractivity (Wildman–Crippen MR) is 158 cm³/mol. The van der Waals surface area contributed by atoms with Crippen LogP contribution in [0, 0.1) is 13.8 Å². The molecule has 11 nitrogen and oxygen atoms in total. The van der Waals surface area contributed by atoms with Crippen molar-refractivity contribution in [3.8, 4) is 17.0 Å². The first kappa shape index (κ1) is 26.5. The molecule has 3 N–H and O–H groups in total. The lowest BCUT2D eigenvalue weighted by molar-refractivity contribution is -0.117. The lowest BCUT2D eigenvalue weighted by Crippen LogP contribution is -2.42. The van der Waals surface area contributed by atoms with Crippen molar-refractivity contribution in [3.63, 3.8) is 0 Å². The largest absolute Gasteiger partial charge is 0.490 e. The molecule has 1 fully saturated rings. The number of para-hydroxylation sites is 1. The number of fused-ring (bicyclic) bond motifs is 1. The number of H-pyrrole nitrogens is 1. The van der Waals surface area contributed by atoms with Crippen LogP contribution in [0.15, 0.2) is 61.2 Å². The number of carbonyl (C=O) groups excluding carboxylic acids is 1. The first-order chi connectivity index (χ1) is 19.9. The number of amides is 1. The molecule has 1 aliphatic rings. The molecule has 1 aromatic carbocycles. The van der Waals surface area contributed by atoms with Crippen LogP contribution in [0.5, 0.6) is 5.75 Å². The highest BCUT2D eigenvalue weighted by Gasteiger charge is 2.23. The molecule has 11 heteroatoms. The van der Waals surface area contributed by atoms with Crippen LogP contribution >= 0.6 is 0 Å². The SMILES string of the molecule is Cc1cnc(Nc2cc(C)n(C)n2)nc1-c1c[nH]c2c(NC(=O)CN3CCC(Oc4ccncc4)CC3)cccc12. The van der Waals surface area contributed by atoms with Crippen LogP contribution in [0.3, 0.4) is 0 Å². The van der Waals surface area contributed by atoms with Crippen molar-refractivity contribution in [2.75, 3.05) is 30.3 Å². The molecule has 4 aromatic heterocycles. The zero-order valence-electron chi connectivity index (χ0n) is 23.4. The molecule has 1 saturated heterocycles. The Hall–Kier alpha value is -4.77. The van der Waals surface area contributed by atoms with Crippen LogP contribution in [0.2, 0.25) is 0 Å². The van der Waals surface area contributed by atoms with Gasteiger partial charge in [0.05, 0.1) is 23.4 Å². The third kappa shape index (κ3) is 5.90. The number of anilines is 3. The minimum Gasteiger partial charge on any atom is -0.490 e. The van der Waals surface area contributed by atoms with Crippen LogP contribution in [0.1, 0.15) is 24.1 Å². The summed E-state index contributed by atoms with van der Waals surface area (Å²) >= 11 is 0. The Kier molecular flexibility index (Phi) is 7.34. The summed E-state index contributed by atoms with van der Waals surface area (Å²) in [6.07, 6.45) is 9.10. The van der Waals surface area contributed by atoms with E-state index >= 15 is 0 Å². The predicted octanol–water partition coefficient (Wildman–Crippen LogP) is 4.60. The molecule has 210 valence electrons. The number of aryl methyl sites for hydroxylation is 3. The second-order valence-electron chi connectivity index (χ2n) is 10.4. The number of nitrogens with one attached hydrogen (secondary N) is 3. The van der Waals surface area contributed by atoms with E-state index in [4.69, 9.17) is 9.72 Å². The highest BCUT2D eigenvalue weighted by Crippen LogP contribution is 2.33. The smallest absolute Gasteiger partial charge is 0.238 e.